The predicted octanol–water partition coefficient (Wildman–Crippen LogP) is 1.79. The fraction of sp³-hybridized carbons (Fsp3) is 0.133. The molecule has 0 atom stereocenters. The number of nitrogens with zero attached hydrogens (tertiary/aromatic N) is 2. The second kappa shape index (κ2) is 6.47. The van der Waals surface area contributed by atoms with Gasteiger partial charge in [-0.15, -0.1) is 0 Å². The number of benzene rings is 1. The Kier molecular flexibility index (Phi) is 4.44. The van der Waals surface area contributed by atoms with Gasteiger partial charge < -0.3 is 10.2 Å². The van der Waals surface area contributed by atoms with E-state index in [0.29, 0.717) is 11.3 Å². The Morgan fingerprint density at radius 1 is 1.10 bits per heavy atom. The molecule has 0 bridgehead atoms. The first-order chi connectivity index (χ1) is 9.66. The smallest absolute Gasteiger partial charge is 0.254 e. The monoisotopic (exact) mass is 269 g/mol. The zero-order valence-corrected chi connectivity index (χ0v) is 11.1. The zero-order chi connectivity index (χ0) is 14.4. The number of likely N-dealkylation sites (N-methyl/N-ethyl adjacent to an activating group) is 1. The highest BCUT2D eigenvalue weighted by molar-refractivity contribution is 5.99. The second-order valence-corrected chi connectivity index (χ2v) is 4.31. The third-order valence-electron chi connectivity index (χ3n) is 2.71. The molecule has 0 fully saturated rings. The lowest BCUT2D eigenvalue weighted by molar-refractivity contribution is -0.116. The summed E-state index contributed by atoms with van der Waals surface area (Å²) in [5.74, 6) is -0.447. The van der Waals surface area contributed by atoms with E-state index in [9.17, 15) is 9.59 Å². The lowest BCUT2D eigenvalue weighted by Gasteiger charge is -2.16. The van der Waals surface area contributed by atoms with Crippen LogP contribution in [-0.4, -0.2) is 35.3 Å². The van der Waals surface area contributed by atoms with Gasteiger partial charge >= 0.3 is 0 Å². The highest BCUT2D eigenvalue weighted by atomic mass is 16.2. The molecular weight excluding hydrogens is 254 g/mol. The first kappa shape index (κ1) is 13.7. The van der Waals surface area contributed by atoms with Crippen molar-refractivity contribution in [3.05, 3.63) is 60.4 Å². The van der Waals surface area contributed by atoms with Crippen molar-refractivity contribution in [2.45, 2.75) is 0 Å². The van der Waals surface area contributed by atoms with Crippen LogP contribution >= 0.6 is 0 Å². The number of carbonyl (C=O) groups excluding carboxylic acids is 2. The van der Waals surface area contributed by atoms with Crippen molar-refractivity contribution >= 4 is 17.5 Å². The van der Waals surface area contributed by atoms with Crippen LogP contribution in [0.2, 0.25) is 0 Å². The number of carbonyl (C=O) groups is 2. The van der Waals surface area contributed by atoms with Crippen LogP contribution in [0.4, 0.5) is 5.69 Å². The Labute approximate surface area is 117 Å². The maximum Gasteiger partial charge on any atom is 0.254 e. The third kappa shape index (κ3) is 3.65. The Bertz CT molecular complexity index is 585. The van der Waals surface area contributed by atoms with Gasteiger partial charge in [-0.2, -0.15) is 0 Å². The van der Waals surface area contributed by atoms with Gasteiger partial charge in [0.1, 0.15) is 0 Å². The van der Waals surface area contributed by atoms with Crippen molar-refractivity contribution < 1.29 is 9.59 Å². The fourth-order valence-corrected chi connectivity index (χ4v) is 1.72. The van der Waals surface area contributed by atoms with Gasteiger partial charge in [-0.1, -0.05) is 18.2 Å². The van der Waals surface area contributed by atoms with E-state index in [1.165, 1.54) is 4.90 Å². The molecule has 0 aliphatic heterocycles. The second-order valence-electron chi connectivity index (χ2n) is 4.31. The fourth-order valence-electron chi connectivity index (χ4n) is 1.72. The molecule has 0 saturated carbocycles. The van der Waals surface area contributed by atoms with Gasteiger partial charge in [0, 0.05) is 30.7 Å². The minimum absolute atomic E-state index is 0.00392. The zero-order valence-electron chi connectivity index (χ0n) is 11.1. The summed E-state index contributed by atoms with van der Waals surface area (Å²) in [7, 11) is 1.59. The van der Waals surface area contributed by atoms with Crippen LogP contribution in [0.3, 0.4) is 0 Å². The largest absolute Gasteiger partial charge is 0.332 e. The van der Waals surface area contributed by atoms with Crippen molar-refractivity contribution in [1.29, 1.82) is 0 Å². The van der Waals surface area contributed by atoms with E-state index in [4.69, 9.17) is 0 Å². The first-order valence-corrected chi connectivity index (χ1v) is 6.17. The summed E-state index contributed by atoms with van der Waals surface area (Å²) in [6, 6.07) is 12.4. The van der Waals surface area contributed by atoms with Gasteiger partial charge in [-0.25, -0.2) is 0 Å². The molecule has 0 radical (unpaired) electrons. The van der Waals surface area contributed by atoms with Crippen LogP contribution in [0.25, 0.3) is 0 Å². The molecule has 1 aromatic carbocycles. The molecule has 2 rings (SSSR count). The Morgan fingerprint density at radius 2 is 1.75 bits per heavy atom. The molecule has 5 heteroatoms. The standard InChI is InChI=1S/C15H15N3O2/c1-18(15(20)12-7-9-16-10-8-12)11-14(19)17-13-5-3-2-4-6-13/h2-10H,11H2,1H3,(H,17,19). The van der Waals surface area contributed by atoms with Gasteiger partial charge in [-0.05, 0) is 24.3 Å². The number of para-hydroxylation sites is 1. The lowest BCUT2D eigenvalue weighted by Crippen LogP contribution is -2.34. The number of rotatable bonds is 4. The lowest BCUT2D eigenvalue weighted by atomic mass is 10.2. The van der Waals surface area contributed by atoms with Crippen molar-refractivity contribution in [2.24, 2.45) is 0 Å². The minimum atomic E-state index is -0.235. The van der Waals surface area contributed by atoms with Crippen LogP contribution in [0.1, 0.15) is 10.4 Å². The minimum Gasteiger partial charge on any atom is -0.332 e. The molecular formula is C15H15N3O2. The van der Waals surface area contributed by atoms with Crippen molar-refractivity contribution in [3.8, 4) is 0 Å². The third-order valence-corrected chi connectivity index (χ3v) is 2.71. The Morgan fingerprint density at radius 3 is 2.40 bits per heavy atom. The summed E-state index contributed by atoms with van der Waals surface area (Å²) in [6.45, 7) is -0.00392. The summed E-state index contributed by atoms with van der Waals surface area (Å²) >= 11 is 0. The molecule has 0 unspecified atom stereocenters. The first-order valence-electron chi connectivity index (χ1n) is 6.17. The molecule has 102 valence electrons. The number of aromatic nitrogens is 1. The van der Waals surface area contributed by atoms with Crippen LogP contribution in [-0.2, 0) is 4.79 Å². The number of hydrogen-bond acceptors (Lipinski definition) is 3. The van der Waals surface area contributed by atoms with E-state index in [1.807, 2.05) is 18.2 Å². The molecule has 2 amide bonds. The Balaban J connectivity index is 1.93. The maximum absolute atomic E-state index is 12.1. The van der Waals surface area contributed by atoms with Crippen LogP contribution < -0.4 is 5.32 Å². The maximum atomic E-state index is 12.1. The average Bonchev–Trinajstić information content (AvgIpc) is 2.48. The highest BCUT2D eigenvalue weighted by Crippen LogP contribution is 2.06. The van der Waals surface area contributed by atoms with E-state index >= 15 is 0 Å². The molecule has 5 nitrogen and oxygen atoms in total. The number of anilines is 1. The summed E-state index contributed by atoms with van der Waals surface area (Å²) in [5, 5.41) is 2.73. The topological polar surface area (TPSA) is 62.3 Å². The van der Waals surface area contributed by atoms with E-state index in [0.717, 1.165) is 0 Å². The molecule has 1 heterocycles. The summed E-state index contributed by atoms with van der Waals surface area (Å²) in [6.07, 6.45) is 3.09. The van der Waals surface area contributed by atoms with Crippen LogP contribution in [0, 0.1) is 0 Å². The number of nitrogens with one attached hydrogen (secondary N) is 1. The number of amides is 2. The van der Waals surface area contributed by atoms with Crippen LogP contribution in [0.5, 0.6) is 0 Å². The number of hydrogen-bond donors (Lipinski definition) is 1. The van der Waals surface area contributed by atoms with E-state index in [-0.39, 0.29) is 18.4 Å². The molecule has 0 aliphatic rings. The number of pyridine rings is 1. The summed E-state index contributed by atoms with van der Waals surface area (Å²) < 4.78 is 0. The highest BCUT2D eigenvalue weighted by Gasteiger charge is 2.14. The molecule has 1 N–H and O–H groups in total. The van der Waals surface area contributed by atoms with Crippen molar-refractivity contribution in [3.63, 3.8) is 0 Å². The quantitative estimate of drug-likeness (QED) is 0.920. The average molecular weight is 269 g/mol. The molecule has 0 saturated heterocycles. The molecule has 1 aromatic heterocycles. The molecule has 0 aliphatic carbocycles. The van der Waals surface area contributed by atoms with Gasteiger partial charge in [0.25, 0.3) is 5.91 Å². The van der Waals surface area contributed by atoms with E-state index in [1.54, 1.807) is 43.7 Å². The van der Waals surface area contributed by atoms with Gasteiger partial charge in [0.05, 0.1) is 6.54 Å². The van der Waals surface area contributed by atoms with E-state index in [2.05, 4.69) is 10.3 Å². The predicted molar refractivity (Wildman–Crippen MR) is 76.3 cm³/mol. The van der Waals surface area contributed by atoms with Gasteiger partial charge in [0.2, 0.25) is 5.91 Å². The SMILES string of the molecule is CN(CC(=O)Nc1ccccc1)C(=O)c1ccncc1. The van der Waals surface area contributed by atoms with Crippen LogP contribution in [0.15, 0.2) is 54.9 Å². The Hall–Kier alpha value is -2.69. The normalized spacial score (nSPS) is 9.85. The summed E-state index contributed by atoms with van der Waals surface area (Å²) in [5.41, 5.74) is 1.22. The van der Waals surface area contributed by atoms with E-state index < -0.39 is 0 Å². The summed E-state index contributed by atoms with van der Waals surface area (Å²) in [4.78, 5) is 29.1. The molecule has 0 spiro atoms. The molecule has 20 heavy (non-hydrogen) atoms. The van der Waals surface area contributed by atoms with Gasteiger partial charge in [-0.3, -0.25) is 14.6 Å². The molecule has 2 aromatic rings. The van der Waals surface area contributed by atoms with Crippen molar-refractivity contribution in [1.82, 2.24) is 9.88 Å². The van der Waals surface area contributed by atoms with Crippen molar-refractivity contribution in [2.75, 3.05) is 18.9 Å². The van der Waals surface area contributed by atoms with Gasteiger partial charge in [0.15, 0.2) is 0 Å².